The topological polar surface area (TPSA) is 147 Å². The van der Waals surface area contributed by atoms with Gasteiger partial charge in [-0.15, -0.1) is 0 Å². The summed E-state index contributed by atoms with van der Waals surface area (Å²) in [5.74, 6) is -4.89. The lowest BCUT2D eigenvalue weighted by atomic mass is 9.65. The molecule has 2 aliphatic heterocycles. The largest absolute Gasteiger partial charge is 0.494 e. The van der Waals surface area contributed by atoms with E-state index in [1.165, 1.54) is 18.2 Å². The Kier molecular flexibility index (Phi) is 7.62. The van der Waals surface area contributed by atoms with Crippen LogP contribution in [0.2, 0.25) is 0 Å². The van der Waals surface area contributed by atoms with Crippen LogP contribution in [0.15, 0.2) is 71.1 Å². The second kappa shape index (κ2) is 10.9. The lowest BCUT2D eigenvalue weighted by molar-refractivity contribution is -0.143. The minimum Gasteiger partial charge on any atom is -0.494 e. The van der Waals surface area contributed by atoms with Crippen LogP contribution in [0.3, 0.4) is 0 Å². The first kappa shape index (κ1) is 27.9. The summed E-state index contributed by atoms with van der Waals surface area (Å²) in [4.78, 5) is 69.4. The van der Waals surface area contributed by atoms with E-state index in [-0.39, 0.29) is 16.9 Å². The van der Waals surface area contributed by atoms with Crippen LogP contribution in [-0.4, -0.2) is 64.8 Å². The number of para-hydroxylation sites is 1. The number of carbonyl (C=O) groups is 5. The first-order valence-electron chi connectivity index (χ1n) is 12.0. The Morgan fingerprint density at radius 3 is 1.73 bits per heavy atom. The van der Waals surface area contributed by atoms with E-state index in [0.29, 0.717) is 12.4 Å². The van der Waals surface area contributed by atoms with Gasteiger partial charge in [-0.05, 0) is 37.3 Å². The van der Waals surface area contributed by atoms with Crippen LogP contribution in [0.25, 0.3) is 0 Å². The van der Waals surface area contributed by atoms with Crippen molar-refractivity contribution in [1.82, 2.24) is 0 Å². The van der Waals surface area contributed by atoms with Gasteiger partial charge >= 0.3 is 23.9 Å². The number of fused-ring (bicyclic) bond motifs is 2. The van der Waals surface area contributed by atoms with Gasteiger partial charge in [0.1, 0.15) is 22.6 Å². The molecule has 2 aromatic carbocycles. The maximum Gasteiger partial charge on any atom is 0.355 e. The molecule has 40 heavy (non-hydrogen) atoms. The molecule has 0 radical (unpaired) electrons. The number of hydrogen-bond acceptors (Lipinski definition) is 11. The number of methoxy groups -OCH3 is 4. The number of ether oxygens (including phenoxy) is 5. The third kappa shape index (κ3) is 4.04. The molecule has 1 spiro atoms. The zero-order valence-corrected chi connectivity index (χ0v) is 22.4. The molecule has 0 unspecified atom stereocenters. The van der Waals surface area contributed by atoms with E-state index in [4.69, 9.17) is 23.7 Å². The monoisotopic (exact) mass is 550 g/mol. The van der Waals surface area contributed by atoms with Gasteiger partial charge < -0.3 is 29.0 Å². The quantitative estimate of drug-likeness (QED) is 0.399. The molecule has 0 saturated carbocycles. The normalized spacial score (nSPS) is 15.3. The molecule has 1 amide bonds. The summed E-state index contributed by atoms with van der Waals surface area (Å²) in [7, 11) is 4.23. The number of carbonyl (C=O) groups excluding carboxylic acids is 5. The first-order valence-corrected chi connectivity index (χ1v) is 12.0. The summed E-state index contributed by atoms with van der Waals surface area (Å²) in [5, 5.41) is 2.64. The number of rotatable bonds is 7. The van der Waals surface area contributed by atoms with Crippen molar-refractivity contribution < 1.29 is 47.7 Å². The van der Waals surface area contributed by atoms with Crippen molar-refractivity contribution in [2.45, 2.75) is 12.3 Å². The predicted octanol–water partition coefficient (Wildman–Crippen LogP) is 2.00. The molecule has 0 saturated heterocycles. The minimum absolute atomic E-state index is 0.106. The summed E-state index contributed by atoms with van der Waals surface area (Å²) in [6.07, 6.45) is 0. The highest BCUT2D eigenvalue weighted by molar-refractivity contribution is 6.26. The summed E-state index contributed by atoms with van der Waals surface area (Å²) < 4.78 is 25.7. The fraction of sp³-hybridized carbons (Fsp3) is 0.250. The molecule has 2 aromatic rings. The van der Waals surface area contributed by atoms with Crippen molar-refractivity contribution >= 4 is 41.2 Å². The second-order valence-corrected chi connectivity index (χ2v) is 8.43. The van der Waals surface area contributed by atoms with Crippen LogP contribution < -0.4 is 15.0 Å². The van der Waals surface area contributed by atoms with Crippen LogP contribution in [-0.2, 0) is 48.3 Å². The van der Waals surface area contributed by atoms with E-state index in [2.05, 4.69) is 5.32 Å². The molecule has 2 aliphatic rings. The Morgan fingerprint density at radius 2 is 1.25 bits per heavy atom. The molecule has 0 atom stereocenters. The van der Waals surface area contributed by atoms with Crippen molar-refractivity contribution in [2.75, 3.05) is 45.3 Å². The third-order valence-corrected chi connectivity index (χ3v) is 6.53. The molecule has 0 aromatic heterocycles. The van der Waals surface area contributed by atoms with Gasteiger partial charge in [0.15, 0.2) is 0 Å². The zero-order chi connectivity index (χ0) is 29.2. The SMILES string of the molecule is CCOc1ccc(N2C(C(=O)OC)=C(C(=O)OC)C3(C(=O)Nc4ccccc43)C(C(=O)OC)=C2C(=O)OC)cc1. The molecule has 208 valence electrons. The van der Waals surface area contributed by atoms with E-state index >= 15 is 0 Å². The van der Waals surface area contributed by atoms with E-state index in [1.54, 1.807) is 37.3 Å². The Morgan fingerprint density at radius 1 is 0.750 bits per heavy atom. The van der Waals surface area contributed by atoms with Crippen molar-refractivity contribution in [3.8, 4) is 5.75 Å². The van der Waals surface area contributed by atoms with Gasteiger partial charge in [-0.3, -0.25) is 9.69 Å². The summed E-state index contributed by atoms with van der Waals surface area (Å²) in [6.45, 7) is 2.17. The van der Waals surface area contributed by atoms with Crippen LogP contribution in [0.1, 0.15) is 12.5 Å². The van der Waals surface area contributed by atoms with Gasteiger partial charge in [0, 0.05) is 16.9 Å². The molecule has 4 rings (SSSR count). The van der Waals surface area contributed by atoms with Crippen LogP contribution in [0, 0.1) is 0 Å². The molecular weight excluding hydrogens is 524 g/mol. The molecule has 12 nitrogen and oxygen atoms in total. The van der Waals surface area contributed by atoms with Crippen molar-refractivity contribution in [1.29, 1.82) is 0 Å². The lowest BCUT2D eigenvalue weighted by Crippen LogP contribution is -2.53. The molecule has 0 bridgehead atoms. The zero-order valence-electron chi connectivity index (χ0n) is 22.4. The highest BCUT2D eigenvalue weighted by Gasteiger charge is 2.64. The third-order valence-electron chi connectivity index (χ3n) is 6.53. The second-order valence-electron chi connectivity index (χ2n) is 8.43. The molecule has 1 N–H and O–H groups in total. The Bertz CT molecular complexity index is 1420. The maximum atomic E-state index is 14.0. The number of esters is 4. The molecule has 12 heteroatoms. The van der Waals surface area contributed by atoms with Crippen LogP contribution >= 0.6 is 0 Å². The number of nitrogens with zero attached hydrogens (tertiary/aromatic N) is 1. The highest BCUT2D eigenvalue weighted by atomic mass is 16.5. The van der Waals surface area contributed by atoms with Crippen molar-refractivity contribution in [2.24, 2.45) is 0 Å². The fourth-order valence-electron chi connectivity index (χ4n) is 4.97. The molecule has 2 heterocycles. The van der Waals surface area contributed by atoms with Crippen molar-refractivity contribution in [3.05, 3.63) is 76.6 Å². The van der Waals surface area contributed by atoms with Gasteiger partial charge in [-0.25, -0.2) is 19.2 Å². The fourth-order valence-corrected chi connectivity index (χ4v) is 4.97. The predicted molar refractivity (Wildman–Crippen MR) is 139 cm³/mol. The number of amides is 1. The van der Waals surface area contributed by atoms with E-state index < -0.39 is 57.7 Å². The van der Waals surface area contributed by atoms with E-state index in [1.807, 2.05) is 0 Å². The van der Waals surface area contributed by atoms with Gasteiger partial charge in [0.05, 0.1) is 46.2 Å². The van der Waals surface area contributed by atoms with E-state index in [0.717, 1.165) is 33.3 Å². The maximum absolute atomic E-state index is 14.0. The van der Waals surface area contributed by atoms with Crippen LogP contribution in [0.5, 0.6) is 5.75 Å². The smallest absolute Gasteiger partial charge is 0.355 e. The average Bonchev–Trinajstić information content (AvgIpc) is 3.26. The average molecular weight is 551 g/mol. The van der Waals surface area contributed by atoms with Gasteiger partial charge in [-0.2, -0.15) is 0 Å². The minimum atomic E-state index is -2.36. The van der Waals surface area contributed by atoms with Gasteiger partial charge in [0.2, 0.25) is 5.91 Å². The number of nitrogens with one attached hydrogen (secondary N) is 1. The van der Waals surface area contributed by atoms with Crippen molar-refractivity contribution in [3.63, 3.8) is 0 Å². The Balaban J connectivity index is 2.27. The number of anilines is 2. The van der Waals surface area contributed by atoms with Gasteiger partial charge in [-0.1, -0.05) is 18.2 Å². The van der Waals surface area contributed by atoms with Gasteiger partial charge in [0.25, 0.3) is 0 Å². The summed E-state index contributed by atoms with van der Waals surface area (Å²) >= 11 is 0. The summed E-state index contributed by atoms with van der Waals surface area (Å²) in [5.41, 5.74) is -4.10. The standard InChI is InChI=1S/C28H26N2O10/c1-6-40-16-13-11-15(12-14-16)30-21(25(33)38-4)19(23(31)36-2)28(17-9-7-8-10-18(17)29-27(28)35)20(24(32)37-3)22(30)26(34)39-5/h7-14H,6H2,1-5H3,(H,29,35). The Hall–Kier alpha value is -5.13. The first-order chi connectivity index (χ1) is 19.2. The number of benzene rings is 2. The molecule has 0 aliphatic carbocycles. The molecular formula is C28H26N2O10. The highest BCUT2D eigenvalue weighted by Crippen LogP contribution is 2.54. The lowest BCUT2D eigenvalue weighted by Gasteiger charge is -2.41. The number of hydrogen-bond donors (Lipinski definition) is 1. The Labute approximate surface area is 229 Å². The molecule has 0 fully saturated rings. The van der Waals surface area contributed by atoms with Crippen LogP contribution in [0.4, 0.5) is 11.4 Å². The summed E-state index contributed by atoms with van der Waals surface area (Å²) in [6, 6.07) is 12.3. The van der Waals surface area contributed by atoms with E-state index in [9.17, 15) is 24.0 Å².